The summed E-state index contributed by atoms with van der Waals surface area (Å²) in [5.74, 6) is -0.964. The highest BCUT2D eigenvalue weighted by Gasteiger charge is 2.34. The Morgan fingerprint density at radius 3 is 2.33 bits per heavy atom. The number of piperidine rings is 1. The van der Waals surface area contributed by atoms with Gasteiger partial charge in [0.15, 0.2) is 0 Å². The van der Waals surface area contributed by atoms with Gasteiger partial charge in [0.2, 0.25) is 0 Å². The fourth-order valence-corrected chi connectivity index (χ4v) is 4.04. The smallest absolute Gasteiger partial charge is 0.407 e. The molecule has 2 aromatic rings. The highest BCUT2D eigenvalue weighted by molar-refractivity contribution is 5.86. The van der Waals surface area contributed by atoms with E-state index in [1.165, 1.54) is 0 Å². The molecule has 156 valence electrons. The molecule has 2 aromatic carbocycles. The Balaban J connectivity index is 1.38. The number of nitrogens with zero attached hydrogens (tertiary/aromatic N) is 1. The largest absolute Gasteiger partial charge is 0.449 e. The molecule has 1 saturated heterocycles. The maximum atomic E-state index is 12.5. The van der Waals surface area contributed by atoms with E-state index < -0.39 is 24.0 Å². The third kappa shape index (κ3) is 3.87. The van der Waals surface area contributed by atoms with Gasteiger partial charge in [-0.15, -0.1) is 0 Å². The van der Waals surface area contributed by atoms with Crippen LogP contribution in [0.5, 0.6) is 0 Å². The van der Waals surface area contributed by atoms with E-state index in [1.807, 2.05) is 36.4 Å². The molecule has 1 unspecified atom stereocenters. The van der Waals surface area contributed by atoms with Crippen LogP contribution in [-0.4, -0.2) is 42.2 Å². The molecule has 0 bridgehead atoms. The molecule has 1 atom stereocenters. The topological polar surface area (TPSA) is 84.9 Å². The lowest BCUT2D eigenvalue weighted by atomic mass is 9.98. The van der Waals surface area contributed by atoms with Crippen LogP contribution in [0.1, 0.15) is 43.2 Å². The summed E-state index contributed by atoms with van der Waals surface area (Å²) in [6, 6.07) is 15.4. The summed E-state index contributed by atoms with van der Waals surface area (Å²) in [6.07, 6.45) is 0.619. The molecule has 30 heavy (non-hydrogen) atoms. The number of hydroxylamine groups is 2. The molecule has 1 fully saturated rings. The predicted octanol–water partition coefficient (Wildman–Crippen LogP) is 3.38. The van der Waals surface area contributed by atoms with Gasteiger partial charge in [0.25, 0.3) is 5.91 Å². The Kier molecular flexibility index (Phi) is 5.70. The molecule has 1 N–H and O–H groups in total. The first-order valence-electron chi connectivity index (χ1n) is 10.2. The molecule has 2 aliphatic rings. The van der Waals surface area contributed by atoms with Crippen LogP contribution in [0.2, 0.25) is 0 Å². The van der Waals surface area contributed by atoms with Gasteiger partial charge in [-0.25, -0.2) is 9.59 Å². The fourth-order valence-electron chi connectivity index (χ4n) is 4.04. The summed E-state index contributed by atoms with van der Waals surface area (Å²) in [4.78, 5) is 41.4. The molecule has 1 aliphatic carbocycles. The van der Waals surface area contributed by atoms with Gasteiger partial charge in [0, 0.05) is 12.3 Å². The molecule has 0 radical (unpaired) electrons. The maximum absolute atomic E-state index is 12.5. The van der Waals surface area contributed by atoms with Crippen LogP contribution in [0.25, 0.3) is 11.1 Å². The summed E-state index contributed by atoms with van der Waals surface area (Å²) in [6.45, 7) is 2.16. The Morgan fingerprint density at radius 1 is 1.07 bits per heavy atom. The second-order valence-electron chi connectivity index (χ2n) is 7.42. The molecule has 0 saturated carbocycles. The standard InChI is InChI=1S/C23H24N2O5/c1-2-21(26)30-25-13-7-12-20(22(25)27)24-23(28)29-14-19-17-10-5-3-8-15(17)16-9-4-6-11-18(16)19/h3-6,8-11,19-20H,2,7,12-14H2,1H3,(H,24,28). The van der Waals surface area contributed by atoms with E-state index in [2.05, 4.69) is 17.4 Å². The lowest BCUT2D eigenvalue weighted by Crippen LogP contribution is -2.52. The molecular weight excluding hydrogens is 384 g/mol. The number of carbonyl (C=O) groups is 3. The zero-order valence-corrected chi connectivity index (χ0v) is 16.8. The van der Waals surface area contributed by atoms with Gasteiger partial charge in [0.05, 0.1) is 6.54 Å². The Hall–Kier alpha value is -3.35. The monoisotopic (exact) mass is 408 g/mol. The highest BCUT2D eigenvalue weighted by Crippen LogP contribution is 2.44. The number of fused-ring (bicyclic) bond motifs is 3. The van der Waals surface area contributed by atoms with Crippen molar-refractivity contribution in [1.82, 2.24) is 10.4 Å². The van der Waals surface area contributed by atoms with Crippen LogP contribution in [-0.2, 0) is 19.2 Å². The summed E-state index contributed by atoms with van der Waals surface area (Å²) in [5.41, 5.74) is 4.55. The lowest BCUT2D eigenvalue weighted by molar-refractivity contribution is -0.202. The van der Waals surface area contributed by atoms with E-state index in [0.717, 1.165) is 27.3 Å². The van der Waals surface area contributed by atoms with Crippen LogP contribution in [0.4, 0.5) is 4.79 Å². The van der Waals surface area contributed by atoms with Crippen molar-refractivity contribution in [2.75, 3.05) is 13.2 Å². The molecule has 0 spiro atoms. The number of benzene rings is 2. The van der Waals surface area contributed by atoms with E-state index >= 15 is 0 Å². The molecule has 1 heterocycles. The van der Waals surface area contributed by atoms with Crippen molar-refractivity contribution in [3.63, 3.8) is 0 Å². The van der Waals surface area contributed by atoms with E-state index in [0.29, 0.717) is 19.4 Å². The fraction of sp³-hybridized carbons (Fsp3) is 0.348. The molecular formula is C23H24N2O5. The van der Waals surface area contributed by atoms with Crippen molar-refractivity contribution in [2.45, 2.75) is 38.1 Å². The number of hydrogen-bond acceptors (Lipinski definition) is 5. The average Bonchev–Trinajstić information content (AvgIpc) is 3.09. The lowest BCUT2D eigenvalue weighted by Gasteiger charge is -2.30. The number of nitrogens with one attached hydrogen (secondary N) is 1. The predicted molar refractivity (Wildman–Crippen MR) is 109 cm³/mol. The minimum Gasteiger partial charge on any atom is -0.449 e. The Labute approximate surface area is 174 Å². The quantitative estimate of drug-likeness (QED) is 0.820. The minimum atomic E-state index is -0.765. The summed E-state index contributed by atoms with van der Waals surface area (Å²) < 4.78 is 5.50. The van der Waals surface area contributed by atoms with Crippen LogP contribution < -0.4 is 5.32 Å². The zero-order valence-electron chi connectivity index (χ0n) is 16.8. The molecule has 2 amide bonds. The van der Waals surface area contributed by atoms with Crippen LogP contribution in [0.15, 0.2) is 48.5 Å². The first-order chi connectivity index (χ1) is 14.6. The summed E-state index contributed by atoms with van der Waals surface area (Å²) >= 11 is 0. The van der Waals surface area contributed by atoms with E-state index in [4.69, 9.17) is 9.57 Å². The normalized spacial score (nSPS) is 17.8. The van der Waals surface area contributed by atoms with Gasteiger partial charge in [-0.2, -0.15) is 5.06 Å². The van der Waals surface area contributed by atoms with Gasteiger partial charge < -0.3 is 14.9 Å². The third-order valence-electron chi connectivity index (χ3n) is 5.53. The number of rotatable bonds is 5. The number of ether oxygens (including phenoxy) is 1. The van der Waals surface area contributed by atoms with Crippen LogP contribution >= 0.6 is 0 Å². The molecule has 0 aromatic heterocycles. The van der Waals surface area contributed by atoms with E-state index in [-0.39, 0.29) is 18.9 Å². The number of carbonyl (C=O) groups excluding carboxylic acids is 3. The number of amides is 2. The van der Waals surface area contributed by atoms with E-state index in [9.17, 15) is 14.4 Å². The first kappa shape index (κ1) is 19.9. The van der Waals surface area contributed by atoms with Gasteiger partial charge >= 0.3 is 12.1 Å². The van der Waals surface area contributed by atoms with Crippen molar-refractivity contribution in [1.29, 1.82) is 0 Å². The van der Waals surface area contributed by atoms with Crippen molar-refractivity contribution in [3.8, 4) is 11.1 Å². The first-order valence-corrected chi connectivity index (χ1v) is 10.2. The number of alkyl carbamates (subject to hydrolysis) is 1. The van der Waals surface area contributed by atoms with Crippen LogP contribution in [0, 0.1) is 0 Å². The van der Waals surface area contributed by atoms with Crippen molar-refractivity contribution in [2.24, 2.45) is 0 Å². The average molecular weight is 408 g/mol. The third-order valence-corrected chi connectivity index (χ3v) is 5.53. The second-order valence-corrected chi connectivity index (χ2v) is 7.42. The van der Waals surface area contributed by atoms with Crippen molar-refractivity contribution < 1.29 is 24.0 Å². The highest BCUT2D eigenvalue weighted by atomic mass is 16.7. The molecule has 1 aliphatic heterocycles. The Morgan fingerprint density at radius 2 is 1.70 bits per heavy atom. The van der Waals surface area contributed by atoms with Crippen molar-refractivity contribution >= 4 is 18.0 Å². The minimum absolute atomic E-state index is 0.0489. The maximum Gasteiger partial charge on any atom is 0.407 e. The Bertz CT molecular complexity index is 928. The second kappa shape index (κ2) is 8.57. The van der Waals surface area contributed by atoms with Crippen LogP contribution in [0.3, 0.4) is 0 Å². The molecule has 7 nitrogen and oxygen atoms in total. The summed E-state index contributed by atoms with van der Waals surface area (Å²) in [7, 11) is 0. The SMILES string of the molecule is CCC(=O)ON1CCCC(NC(=O)OCC2c3ccccc3-c3ccccc32)C1=O. The van der Waals surface area contributed by atoms with Crippen molar-refractivity contribution in [3.05, 3.63) is 59.7 Å². The zero-order chi connectivity index (χ0) is 21.1. The molecule has 4 rings (SSSR count). The molecule has 7 heteroatoms. The summed E-state index contributed by atoms with van der Waals surface area (Å²) in [5, 5.41) is 3.65. The van der Waals surface area contributed by atoms with Gasteiger partial charge in [-0.05, 0) is 35.1 Å². The number of hydrogen-bond donors (Lipinski definition) is 1. The van der Waals surface area contributed by atoms with Gasteiger partial charge in [-0.3, -0.25) is 4.79 Å². The van der Waals surface area contributed by atoms with Gasteiger partial charge in [0.1, 0.15) is 12.6 Å². The van der Waals surface area contributed by atoms with Gasteiger partial charge in [-0.1, -0.05) is 55.5 Å². The van der Waals surface area contributed by atoms with E-state index in [1.54, 1.807) is 6.92 Å².